The van der Waals surface area contributed by atoms with Crippen LogP contribution in [0.5, 0.6) is 0 Å². The average Bonchev–Trinajstić information content (AvgIpc) is 3.28. The quantitative estimate of drug-likeness (QED) is 0.674. The summed E-state index contributed by atoms with van der Waals surface area (Å²) >= 11 is 0. The number of aromatic nitrogens is 4. The van der Waals surface area contributed by atoms with E-state index in [4.69, 9.17) is 9.72 Å². The lowest BCUT2D eigenvalue weighted by Crippen LogP contribution is -2.44. The van der Waals surface area contributed by atoms with Crippen molar-refractivity contribution in [1.29, 1.82) is 5.26 Å². The summed E-state index contributed by atoms with van der Waals surface area (Å²) in [6, 6.07) is 8.68. The molecule has 8 nitrogen and oxygen atoms in total. The third kappa shape index (κ3) is 3.99. The average molecular weight is 406 g/mol. The van der Waals surface area contributed by atoms with Crippen LogP contribution in [0.25, 0.3) is 22.3 Å². The summed E-state index contributed by atoms with van der Waals surface area (Å²) in [6.07, 6.45) is 4.24. The zero-order valence-electron chi connectivity index (χ0n) is 17.7. The molecule has 8 heteroatoms. The fourth-order valence-corrected chi connectivity index (χ4v) is 3.93. The lowest BCUT2D eigenvalue weighted by atomic mass is 9.93. The van der Waals surface area contributed by atoms with E-state index >= 15 is 0 Å². The first-order valence-corrected chi connectivity index (χ1v) is 10.3. The Kier molecular flexibility index (Phi) is 5.93. The number of fused-ring (bicyclic) bond motifs is 1. The molecule has 30 heavy (non-hydrogen) atoms. The number of nitriles is 1. The lowest BCUT2D eigenvalue weighted by Gasteiger charge is -2.35. The second kappa shape index (κ2) is 8.78. The second-order valence-electron chi connectivity index (χ2n) is 7.99. The number of anilines is 1. The molecule has 0 radical (unpaired) electrons. The van der Waals surface area contributed by atoms with Crippen LogP contribution in [-0.4, -0.2) is 71.5 Å². The van der Waals surface area contributed by atoms with E-state index in [0.29, 0.717) is 13.2 Å². The molecule has 4 rings (SSSR count). The Morgan fingerprint density at radius 2 is 2.23 bits per heavy atom. The molecule has 3 aromatic rings. The van der Waals surface area contributed by atoms with Crippen LogP contribution >= 0.6 is 0 Å². The van der Waals surface area contributed by atoms with E-state index in [1.165, 1.54) is 0 Å². The number of aromatic amines is 1. The van der Waals surface area contributed by atoms with Gasteiger partial charge in [0.25, 0.3) is 0 Å². The maximum Gasteiger partial charge on any atom is 0.130 e. The molecule has 0 saturated carbocycles. The van der Waals surface area contributed by atoms with E-state index < -0.39 is 0 Å². The molecular formula is C22H27N7O. The highest BCUT2D eigenvalue weighted by Gasteiger charge is 2.25. The highest BCUT2D eigenvalue weighted by atomic mass is 16.5. The fourth-order valence-electron chi connectivity index (χ4n) is 3.93. The third-order valence-corrected chi connectivity index (χ3v) is 5.56. The summed E-state index contributed by atoms with van der Waals surface area (Å²) in [4.78, 5) is 14.0. The summed E-state index contributed by atoms with van der Waals surface area (Å²) in [7, 11) is 4.06. The summed E-state index contributed by atoms with van der Waals surface area (Å²) in [5, 5.41) is 18.0. The molecule has 156 valence electrons. The smallest absolute Gasteiger partial charge is 0.130 e. The van der Waals surface area contributed by atoms with E-state index in [-0.39, 0.29) is 12.0 Å². The van der Waals surface area contributed by atoms with Crippen molar-refractivity contribution in [3.8, 4) is 17.5 Å². The molecule has 1 aliphatic heterocycles. The summed E-state index contributed by atoms with van der Waals surface area (Å²) in [6.45, 7) is 5.08. The molecule has 4 heterocycles. The van der Waals surface area contributed by atoms with Crippen molar-refractivity contribution in [2.75, 3.05) is 45.3 Å². The van der Waals surface area contributed by atoms with E-state index in [2.05, 4.69) is 44.0 Å². The fraction of sp³-hybridized carbons (Fsp3) is 0.455. The Bertz CT molecular complexity index is 1040. The number of H-pyrrole nitrogens is 1. The van der Waals surface area contributed by atoms with Crippen LogP contribution in [0.2, 0.25) is 0 Å². The van der Waals surface area contributed by atoms with E-state index in [0.717, 1.165) is 53.2 Å². The van der Waals surface area contributed by atoms with Crippen LogP contribution < -0.4 is 4.90 Å². The molecular weight excluding hydrogens is 378 g/mol. The van der Waals surface area contributed by atoms with Crippen LogP contribution in [0, 0.1) is 11.3 Å². The zero-order chi connectivity index (χ0) is 21.1. The highest BCUT2D eigenvalue weighted by molar-refractivity contribution is 5.94. The van der Waals surface area contributed by atoms with Gasteiger partial charge in [-0.05, 0) is 57.7 Å². The Hall–Kier alpha value is -3.02. The topological polar surface area (TPSA) is 94.0 Å². The Balaban J connectivity index is 1.90. The van der Waals surface area contributed by atoms with Crippen molar-refractivity contribution in [2.45, 2.75) is 25.3 Å². The van der Waals surface area contributed by atoms with Gasteiger partial charge < -0.3 is 14.5 Å². The van der Waals surface area contributed by atoms with Gasteiger partial charge in [-0.25, -0.2) is 4.98 Å². The summed E-state index contributed by atoms with van der Waals surface area (Å²) in [5.41, 5.74) is 3.35. The predicted octanol–water partition coefficient (Wildman–Crippen LogP) is 2.80. The van der Waals surface area contributed by atoms with Gasteiger partial charge in [-0.3, -0.25) is 10.1 Å². The van der Waals surface area contributed by atoms with Gasteiger partial charge in [-0.2, -0.15) is 10.4 Å². The zero-order valence-corrected chi connectivity index (χ0v) is 17.7. The van der Waals surface area contributed by atoms with Gasteiger partial charge in [-0.1, -0.05) is 0 Å². The molecule has 2 atom stereocenters. The first-order valence-electron chi connectivity index (χ1n) is 10.3. The highest BCUT2D eigenvalue weighted by Crippen LogP contribution is 2.34. The Morgan fingerprint density at radius 3 is 2.93 bits per heavy atom. The molecule has 0 bridgehead atoms. The van der Waals surface area contributed by atoms with Crippen LogP contribution in [0.15, 0.2) is 30.6 Å². The number of ether oxygens (including phenoxy) is 1. The second-order valence-corrected chi connectivity index (χ2v) is 7.99. The van der Waals surface area contributed by atoms with Crippen molar-refractivity contribution >= 4 is 16.7 Å². The van der Waals surface area contributed by atoms with Crippen molar-refractivity contribution in [1.82, 2.24) is 25.1 Å². The minimum Gasteiger partial charge on any atom is -0.377 e. The van der Waals surface area contributed by atoms with Crippen molar-refractivity contribution in [3.63, 3.8) is 0 Å². The molecule has 0 amide bonds. The molecule has 1 saturated heterocycles. The van der Waals surface area contributed by atoms with Gasteiger partial charge in [0.05, 0.1) is 36.9 Å². The number of hydrogen-bond acceptors (Lipinski definition) is 7. The molecule has 1 aliphatic rings. The first-order chi connectivity index (χ1) is 14.6. The van der Waals surface area contributed by atoms with Gasteiger partial charge in [-0.15, -0.1) is 0 Å². The van der Waals surface area contributed by atoms with Gasteiger partial charge >= 0.3 is 0 Å². The minimum absolute atomic E-state index is 0.214. The normalized spacial score (nSPS) is 18.0. The minimum atomic E-state index is -0.231. The maximum atomic E-state index is 10.0. The Morgan fingerprint density at radius 1 is 1.37 bits per heavy atom. The van der Waals surface area contributed by atoms with Gasteiger partial charge in [0.1, 0.15) is 17.0 Å². The first kappa shape index (κ1) is 20.3. The van der Waals surface area contributed by atoms with Crippen LogP contribution in [-0.2, 0) is 4.74 Å². The molecule has 1 unspecified atom stereocenters. The van der Waals surface area contributed by atoms with Crippen LogP contribution in [0.4, 0.5) is 5.82 Å². The van der Waals surface area contributed by atoms with Crippen LogP contribution in [0.3, 0.4) is 0 Å². The van der Waals surface area contributed by atoms with Gasteiger partial charge in [0.2, 0.25) is 0 Å². The predicted molar refractivity (Wildman–Crippen MR) is 116 cm³/mol. The van der Waals surface area contributed by atoms with Crippen molar-refractivity contribution in [3.05, 3.63) is 36.2 Å². The SMILES string of the molecule is C[C@@H]1COCCN1c1cc(C(C#N)CCN(C)C)c2ccnc(-c3ccn[nH]3)c2n1. The number of nitrogens with one attached hydrogen (secondary N) is 1. The van der Waals surface area contributed by atoms with E-state index in [1.807, 2.05) is 26.2 Å². The Labute approximate surface area is 176 Å². The molecule has 0 aliphatic carbocycles. The molecule has 1 N–H and O–H groups in total. The number of nitrogens with zero attached hydrogens (tertiary/aromatic N) is 6. The lowest BCUT2D eigenvalue weighted by molar-refractivity contribution is 0.0985. The molecule has 3 aromatic heterocycles. The summed E-state index contributed by atoms with van der Waals surface area (Å²) < 4.78 is 5.61. The van der Waals surface area contributed by atoms with E-state index in [9.17, 15) is 5.26 Å². The van der Waals surface area contributed by atoms with Crippen molar-refractivity contribution < 1.29 is 4.74 Å². The number of pyridine rings is 2. The third-order valence-electron chi connectivity index (χ3n) is 5.56. The number of hydrogen-bond donors (Lipinski definition) is 1. The molecule has 1 fully saturated rings. The molecule has 0 spiro atoms. The van der Waals surface area contributed by atoms with Gasteiger partial charge in [0.15, 0.2) is 0 Å². The summed E-state index contributed by atoms with van der Waals surface area (Å²) in [5.74, 6) is 0.636. The largest absolute Gasteiger partial charge is 0.377 e. The van der Waals surface area contributed by atoms with Crippen molar-refractivity contribution in [2.24, 2.45) is 0 Å². The number of morpholine rings is 1. The number of rotatable bonds is 6. The maximum absolute atomic E-state index is 10.0. The molecule has 0 aromatic carbocycles. The van der Waals surface area contributed by atoms with E-state index in [1.54, 1.807) is 12.4 Å². The van der Waals surface area contributed by atoms with Gasteiger partial charge in [0, 0.05) is 24.3 Å². The van der Waals surface area contributed by atoms with Crippen LogP contribution in [0.1, 0.15) is 24.8 Å². The standard InChI is InChI=1S/C22H27N7O/c1-15-14-30-11-10-29(15)20-12-18(16(13-23)6-9-28(2)3)17-4-7-24-22(21(17)26-20)19-5-8-25-27-19/h4-5,7-8,12,15-16H,6,9-11,14H2,1-3H3,(H,25,27)/t15-,16?/m1/s1. The monoisotopic (exact) mass is 405 g/mol.